The third kappa shape index (κ3) is 2.61. The minimum Gasteiger partial charge on any atom is -0.306 e. The molecule has 0 unspecified atom stereocenters. The molecule has 0 saturated heterocycles. The van der Waals surface area contributed by atoms with Crippen molar-refractivity contribution in [1.29, 1.82) is 0 Å². The summed E-state index contributed by atoms with van der Waals surface area (Å²) in [7, 11) is 0. The molecule has 0 bridgehead atoms. The molecule has 3 N–H and O–H groups in total. The Bertz CT molecular complexity index is 570. The Morgan fingerprint density at radius 2 is 2.00 bits per heavy atom. The van der Waals surface area contributed by atoms with Gasteiger partial charge < -0.3 is 15.3 Å². The molecule has 0 saturated carbocycles. The smallest absolute Gasteiger partial charge is 0.306 e. The Kier molecular flexibility index (Phi) is 3.40. The molecule has 17 heavy (non-hydrogen) atoms. The van der Waals surface area contributed by atoms with E-state index < -0.39 is 0 Å². The van der Waals surface area contributed by atoms with Crippen LogP contribution < -0.4 is 11.0 Å². The Morgan fingerprint density at radius 3 is 2.71 bits per heavy atom. The van der Waals surface area contributed by atoms with Crippen LogP contribution in [-0.4, -0.2) is 22.0 Å². The zero-order valence-corrected chi connectivity index (χ0v) is 11.5. The molecule has 0 aliphatic carbocycles. The summed E-state index contributed by atoms with van der Waals surface area (Å²) < 4.78 is 0. The highest BCUT2D eigenvalue weighted by atomic mass is 79.9. The van der Waals surface area contributed by atoms with Crippen LogP contribution in [0.15, 0.2) is 23.0 Å². The fraction of sp³-hybridized carbons (Fsp3) is 0.417. The van der Waals surface area contributed by atoms with E-state index in [2.05, 4.69) is 51.1 Å². The number of hydrogen-bond donors (Lipinski definition) is 3. The first-order valence-electron chi connectivity index (χ1n) is 5.52. The van der Waals surface area contributed by atoms with Crippen molar-refractivity contribution >= 4 is 27.0 Å². The van der Waals surface area contributed by atoms with Crippen LogP contribution in [0.5, 0.6) is 0 Å². The summed E-state index contributed by atoms with van der Waals surface area (Å²) in [5.41, 5.74) is 3.56. The number of fused-ring (bicyclic) bond motifs is 1. The Hall–Kier alpha value is -1.07. The quantitative estimate of drug-likeness (QED) is 0.598. The van der Waals surface area contributed by atoms with Gasteiger partial charge in [0, 0.05) is 12.0 Å². The maximum absolute atomic E-state index is 11.2. The molecule has 1 heterocycles. The Morgan fingerprint density at radius 1 is 1.29 bits per heavy atom. The lowest BCUT2D eigenvalue weighted by Crippen LogP contribution is -2.32. The number of aromatic nitrogens is 2. The van der Waals surface area contributed by atoms with Gasteiger partial charge in [0.05, 0.1) is 16.5 Å². The summed E-state index contributed by atoms with van der Waals surface area (Å²) >= 11 is 3.35. The summed E-state index contributed by atoms with van der Waals surface area (Å²) in [6, 6.07) is 6.03. The van der Waals surface area contributed by atoms with E-state index in [9.17, 15) is 4.79 Å². The molecular weight excluding hydrogens is 282 g/mol. The van der Waals surface area contributed by atoms with Crippen LogP contribution in [0.4, 0.5) is 0 Å². The maximum Gasteiger partial charge on any atom is 0.323 e. The van der Waals surface area contributed by atoms with Crippen molar-refractivity contribution in [2.24, 2.45) is 0 Å². The first kappa shape index (κ1) is 12.4. The highest BCUT2D eigenvalue weighted by Crippen LogP contribution is 2.24. The normalized spacial score (nSPS) is 12.2. The average molecular weight is 298 g/mol. The lowest BCUT2D eigenvalue weighted by molar-refractivity contribution is 0.491. The fourth-order valence-electron chi connectivity index (χ4n) is 1.92. The van der Waals surface area contributed by atoms with Gasteiger partial charge in [0.15, 0.2) is 0 Å². The molecule has 0 aliphatic rings. The zero-order chi connectivity index (χ0) is 12.5. The van der Waals surface area contributed by atoms with E-state index >= 15 is 0 Å². The van der Waals surface area contributed by atoms with Crippen molar-refractivity contribution in [3.8, 4) is 0 Å². The van der Waals surface area contributed by atoms with E-state index in [1.54, 1.807) is 0 Å². The number of benzene rings is 1. The second-order valence-electron chi connectivity index (χ2n) is 4.78. The van der Waals surface area contributed by atoms with Crippen molar-refractivity contribution in [2.75, 3.05) is 12.0 Å². The molecule has 0 radical (unpaired) electrons. The zero-order valence-electron chi connectivity index (χ0n) is 9.93. The van der Waals surface area contributed by atoms with Gasteiger partial charge in [-0.25, -0.2) is 4.79 Å². The molecular formula is C12H16BrN3O. The van der Waals surface area contributed by atoms with Gasteiger partial charge in [0.2, 0.25) is 0 Å². The van der Waals surface area contributed by atoms with Gasteiger partial charge in [0.1, 0.15) is 0 Å². The molecule has 0 atom stereocenters. The van der Waals surface area contributed by atoms with Crippen LogP contribution in [0.25, 0.3) is 11.0 Å². The van der Waals surface area contributed by atoms with E-state index in [0.29, 0.717) is 0 Å². The maximum atomic E-state index is 11.2. The van der Waals surface area contributed by atoms with E-state index in [0.717, 1.165) is 23.0 Å². The molecule has 0 aliphatic heterocycles. The number of rotatable bonds is 4. The van der Waals surface area contributed by atoms with Crippen molar-refractivity contribution in [3.05, 3.63) is 34.2 Å². The molecule has 1 aromatic heterocycles. The van der Waals surface area contributed by atoms with Gasteiger partial charge >= 0.3 is 5.69 Å². The predicted molar refractivity (Wildman–Crippen MR) is 73.7 cm³/mol. The van der Waals surface area contributed by atoms with Crippen molar-refractivity contribution < 1.29 is 0 Å². The summed E-state index contributed by atoms with van der Waals surface area (Å²) in [4.78, 5) is 16.7. The Labute approximate surface area is 108 Å². The molecule has 0 spiro atoms. The number of hydrogen-bond acceptors (Lipinski definition) is 2. The fourth-order valence-corrected chi connectivity index (χ4v) is 2.11. The molecule has 1 aromatic carbocycles. The highest BCUT2D eigenvalue weighted by Gasteiger charge is 2.20. The first-order chi connectivity index (χ1) is 8.03. The topological polar surface area (TPSA) is 60.7 Å². The molecule has 5 heteroatoms. The van der Waals surface area contributed by atoms with Crippen LogP contribution >= 0.6 is 15.9 Å². The molecule has 92 valence electrons. The Balaban J connectivity index is 2.37. The van der Waals surface area contributed by atoms with Crippen molar-refractivity contribution in [1.82, 2.24) is 15.3 Å². The summed E-state index contributed by atoms with van der Waals surface area (Å²) in [6.45, 7) is 5.22. The second kappa shape index (κ2) is 4.66. The van der Waals surface area contributed by atoms with E-state index in [-0.39, 0.29) is 11.1 Å². The average Bonchev–Trinajstić information content (AvgIpc) is 2.65. The van der Waals surface area contributed by atoms with Gasteiger partial charge in [-0.15, -0.1) is 0 Å². The van der Waals surface area contributed by atoms with Crippen LogP contribution in [0.3, 0.4) is 0 Å². The van der Waals surface area contributed by atoms with Gasteiger partial charge in [0.25, 0.3) is 0 Å². The van der Waals surface area contributed by atoms with Crippen molar-refractivity contribution in [2.45, 2.75) is 19.3 Å². The number of aromatic amines is 2. The summed E-state index contributed by atoms with van der Waals surface area (Å²) in [5, 5.41) is 3.28. The molecule has 2 rings (SSSR count). The monoisotopic (exact) mass is 297 g/mol. The van der Waals surface area contributed by atoms with E-state index in [1.807, 2.05) is 12.1 Å². The summed E-state index contributed by atoms with van der Waals surface area (Å²) in [5.74, 6) is 0. The SMILES string of the molecule is CC(C)(CNCBr)c1ccc2[nH]c(=O)[nH]c2c1. The third-order valence-corrected chi connectivity index (χ3v) is 3.36. The predicted octanol–water partition coefficient (Wildman–Crippen LogP) is 2.08. The van der Waals surface area contributed by atoms with Gasteiger partial charge in [-0.1, -0.05) is 35.8 Å². The van der Waals surface area contributed by atoms with Crippen LogP contribution in [0, 0.1) is 0 Å². The minimum absolute atomic E-state index is 0.0239. The largest absolute Gasteiger partial charge is 0.323 e. The van der Waals surface area contributed by atoms with Crippen molar-refractivity contribution in [3.63, 3.8) is 0 Å². The molecule has 2 aromatic rings. The number of H-pyrrole nitrogens is 2. The summed E-state index contributed by atoms with van der Waals surface area (Å²) in [6.07, 6.45) is 0. The van der Waals surface area contributed by atoms with Gasteiger partial charge in [-0.2, -0.15) is 0 Å². The lowest BCUT2D eigenvalue weighted by Gasteiger charge is -2.25. The molecule has 0 fully saturated rings. The number of imidazole rings is 1. The number of halogens is 1. The van der Waals surface area contributed by atoms with Crippen LogP contribution in [0.2, 0.25) is 0 Å². The number of alkyl halides is 1. The molecule has 0 amide bonds. The van der Waals surface area contributed by atoms with Crippen LogP contribution in [0.1, 0.15) is 19.4 Å². The minimum atomic E-state index is -0.159. The highest BCUT2D eigenvalue weighted by molar-refractivity contribution is 9.09. The van der Waals surface area contributed by atoms with Gasteiger partial charge in [-0.05, 0) is 17.7 Å². The van der Waals surface area contributed by atoms with Crippen LogP contribution in [-0.2, 0) is 5.41 Å². The second-order valence-corrected chi connectivity index (χ2v) is 5.34. The van der Waals surface area contributed by atoms with Gasteiger partial charge in [-0.3, -0.25) is 0 Å². The molecule has 4 nitrogen and oxygen atoms in total. The third-order valence-electron chi connectivity index (χ3n) is 2.96. The van der Waals surface area contributed by atoms with E-state index in [4.69, 9.17) is 0 Å². The number of nitrogens with one attached hydrogen (secondary N) is 3. The van der Waals surface area contributed by atoms with E-state index in [1.165, 1.54) is 5.56 Å². The standard InChI is InChI=1S/C12H16BrN3O/c1-12(2,6-14-7-13)8-3-4-9-10(5-8)16-11(17)15-9/h3-5,14H,6-7H2,1-2H3,(H2,15,16,17). The first-order valence-corrected chi connectivity index (χ1v) is 6.64. The lowest BCUT2D eigenvalue weighted by atomic mass is 9.84.